The van der Waals surface area contributed by atoms with Gasteiger partial charge in [-0.25, -0.2) is 4.79 Å². The number of hydrogen-bond acceptors (Lipinski definition) is 4. The molecule has 0 aliphatic heterocycles. The molecule has 2 amide bonds. The number of ether oxygens (including phenoxy) is 3. The van der Waals surface area contributed by atoms with Crippen molar-refractivity contribution in [2.24, 2.45) is 0 Å². The van der Waals surface area contributed by atoms with Crippen LogP contribution in [0.25, 0.3) is 0 Å². The van der Waals surface area contributed by atoms with Crippen molar-refractivity contribution in [3.63, 3.8) is 0 Å². The predicted octanol–water partition coefficient (Wildman–Crippen LogP) is 5.60. The average molecular weight is 437 g/mol. The van der Waals surface area contributed by atoms with Crippen LogP contribution in [0, 0.1) is 6.92 Å². The number of rotatable bonds is 8. The fourth-order valence-corrected chi connectivity index (χ4v) is 3.06. The molecule has 2 aromatic rings. The van der Waals surface area contributed by atoms with Crippen LogP contribution in [-0.2, 0) is 0 Å². The van der Waals surface area contributed by atoms with Crippen molar-refractivity contribution in [1.82, 2.24) is 0 Å². The third-order valence-electron chi connectivity index (χ3n) is 3.54. The first-order valence-electron chi connectivity index (χ1n) is 8.89. The molecule has 0 unspecified atom stereocenters. The molecule has 0 saturated carbocycles. The molecule has 0 atom stereocenters. The molecule has 0 bridgehead atoms. The van der Waals surface area contributed by atoms with Gasteiger partial charge in [0.2, 0.25) is 5.75 Å². The standard InChI is InChI=1S/C20H25BrN2O4/c1-5-25-17-11-14(12-18(26-6-2)19(17)27-7-3)22-20(24)23-16-9-8-13(4)10-15(16)21/h8-12H,5-7H2,1-4H3,(H2,22,23,24). The quantitative estimate of drug-likeness (QED) is 0.564. The van der Waals surface area contributed by atoms with Crippen LogP contribution in [0.4, 0.5) is 16.2 Å². The van der Waals surface area contributed by atoms with Gasteiger partial charge < -0.3 is 24.8 Å². The number of amides is 2. The summed E-state index contributed by atoms with van der Waals surface area (Å²) in [5.74, 6) is 1.59. The molecule has 0 heterocycles. The molecule has 0 fully saturated rings. The maximum absolute atomic E-state index is 12.4. The van der Waals surface area contributed by atoms with E-state index in [1.165, 1.54) is 0 Å². The molecular formula is C20H25BrN2O4. The summed E-state index contributed by atoms with van der Waals surface area (Å²) in [6.07, 6.45) is 0. The lowest BCUT2D eigenvalue weighted by Crippen LogP contribution is -2.20. The lowest BCUT2D eigenvalue weighted by molar-refractivity contribution is 0.260. The SMILES string of the molecule is CCOc1cc(NC(=O)Nc2ccc(C)cc2Br)cc(OCC)c1OCC. The zero-order valence-electron chi connectivity index (χ0n) is 16.0. The molecule has 7 heteroatoms. The molecule has 2 N–H and O–H groups in total. The summed E-state index contributed by atoms with van der Waals surface area (Å²) in [4.78, 5) is 12.4. The van der Waals surface area contributed by atoms with E-state index in [1.54, 1.807) is 12.1 Å². The van der Waals surface area contributed by atoms with Gasteiger partial charge >= 0.3 is 6.03 Å². The Kier molecular flexibility index (Phi) is 7.79. The number of hydrogen-bond donors (Lipinski definition) is 2. The lowest BCUT2D eigenvalue weighted by Gasteiger charge is -2.17. The first kappa shape index (κ1) is 20.9. The third kappa shape index (κ3) is 5.79. The Morgan fingerprint density at radius 1 is 0.926 bits per heavy atom. The van der Waals surface area contributed by atoms with Gasteiger partial charge in [-0.15, -0.1) is 0 Å². The van der Waals surface area contributed by atoms with E-state index in [0.717, 1.165) is 10.0 Å². The highest BCUT2D eigenvalue weighted by Gasteiger charge is 2.16. The molecule has 0 aliphatic rings. The minimum absolute atomic E-state index is 0.367. The summed E-state index contributed by atoms with van der Waals surface area (Å²) in [5.41, 5.74) is 2.33. The first-order valence-corrected chi connectivity index (χ1v) is 9.68. The molecule has 0 radical (unpaired) electrons. The molecule has 27 heavy (non-hydrogen) atoms. The summed E-state index contributed by atoms with van der Waals surface area (Å²) in [6, 6.07) is 8.79. The van der Waals surface area contributed by atoms with E-state index in [1.807, 2.05) is 45.9 Å². The highest BCUT2D eigenvalue weighted by atomic mass is 79.9. The van der Waals surface area contributed by atoms with E-state index in [-0.39, 0.29) is 6.03 Å². The molecule has 146 valence electrons. The van der Waals surface area contributed by atoms with E-state index < -0.39 is 0 Å². The Balaban J connectivity index is 2.24. The fourth-order valence-electron chi connectivity index (χ4n) is 2.47. The van der Waals surface area contributed by atoms with Crippen molar-refractivity contribution in [1.29, 1.82) is 0 Å². The number of benzene rings is 2. The monoisotopic (exact) mass is 436 g/mol. The molecular weight excluding hydrogens is 412 g/mol. The summed E-state index contributed by atoms with van der Waals surface area (Å²) in [7, 11) is 0. The summed E-state index contributed by atoms with van der Waals surface area (Å²) < 4.78 is 17.8. The average Bonchev–Trinajstić information content (AvgIpc) is 2.61. The fraction of sp³-hybridized carbons (Fsp3) is 0.350. The van der Waals surface area contributed by atoms with Gasteiger partial charge in [-0.05, 0) is 61.3 Å². The van der Waals surface area contributed by atoms with Crippen molar-refractivity contribution in [3.8, 4) is 17.2 Å². The number of anilines is 2. The molecule has 2 rings (SSSR count). The lowest BCUT2D eigenvalue weighted by atomic mass is 10.2. The Morgan fingerprint density at radius 2 is 1.52 bits per heavy atom. The zero-order valence-corrected chi connectivity index (χ0v) is 17.6. The zero-order chi connectivity index (χ0) is 19.8. The molecule has 0 saturated heterocycles. The van der Waals surface area contributed by atoms with Gasteiger partial charge in [0.1, 0.15) is 0 Å². The number of aryl methyl sites for hydroxylation is 1. The van der Waals surface area contributed by atoms with Crippen molar-refractivity contribution >= 4 is 33.3 Å². The van der Waals surface area contributed by atoms with Crippen LogP contribution < -0.4 is 24.8 Å². The van der Waals surface area contributed by atoms with Gasteiger partial charge in [0, 0.05) is 16.6 Å². The second kappa shape index (κ2) is 10.1. The number of carbonyl (C=O) groups excluding carboxylic acids is 1. The topological polar surface area (TPSA) is 68.8 Å². The summed E-state index contributed by atoms with van der Waals surface area (Å²) in [6.45, 7) is 9.07. The van der Waals surface area contributed by atoms with Gasteiger partial charge in [0.05, 0.1) is 31.2 Å². The highest BCUT2D eigenvalue weighted by Crippen LogP contribution is 2.40. The van der Waals surface area contributed by atoms with Crippen LogP contribution in [-0.4, -0.2) is 25.9 Å². The van der Waals surface area contributed by atoms with E-state index >= 15 is 0 Å². The van der Waals surface area contributed by atoms with Gasteiger partial charge in [-0.3, -0.25) is 0 Å². The second-order valence-electron chi connectivity index (χ2n) is 5.66. The Labute approximate surface area is 168 Å². The van der Waals surface area contributed by atoms with Crippen LogP contribution >= 0.6 is 15.9 Å². The second-order valence-corrected chi connectivity index (χ2v) is 6.52. The maximum atomic E-state index is 12.4. The van der Waals surface area contributed by atoms with Crippen molar-refractivity contribution in [3.05, 3.63) is 40.4 Å². The van der Waals surface area contributed by atoms with Gasteiger partial charge in [-0.1, -0.05) is 6.07 Å². The molecule has 0 aliphatic carbocycles. The number of urea groups is 1. The van der Waals surface area contributed by atoms with E-state index in [9.17, 15) is 4.79 Å². The van der Waals surface area contributed by atoms with Gasteiger partial charge in [0.15, 0.2) is 11.5 Å². The van der Waals surface area contributed by atoms with Crippen LogP contribution in [0.1, 0.15) is 26.3 Å². The van der Waals surface area contributed by atoms with Crippen LogP contribution in [0.2, 0.25) is 0 Å². The van der Waals surface area contributed by atoms with Crippen molar-refractivity contribution in [2.45, 2.75) is 27.7 Å². The minimum Gasteiger partial charge on any atom is -0.490 e. The minimum atomic E-state index is -0.367. The predicted molar refractivity (Wildman–Crippen MR) is 111 cm³/mol. The van der Waals surface area contributed by atoms with E-state index in [0.29, 0.717) is 48.4 Å². The van der Waals surface area contributed by atoms with Crippen LogP contribution in [0.15, 0.2) is 34.8 Å². The van der Waals surface area contributed by atoms with Gasteiger partial charge in [0.25, 0.3) is 0 Å². The molecule has 2 aromatic carbocycles. The van der Waals surface area contributed by atoms with Crippen LogP contribution in [0.5, 0.6) is 17.2 Å². The summed E-state index contributed by atoms with van der Waals surface area (Å²) >= 11 is 3.45. The number of halogens is 1. The number of carbonyl (C=O) groups is 1. The summed E-state index contributed by atoms with van der Waals surface area (Å²) in [5, 5.41) is 5.63. The Bertz CT molecular complexity index is 769. The largest absolute Gasteiger partial charge is 0.490 e. The molecule has 6 nitrogen and oxygen atoms in total. The van der Waals surface area contributed by atoms with Crippen LogP contribution in [0.3, 0.4) is 0 Å². The van der Waals surface area contributed by atoms with E-state index in [4.69, 9.17) is 14.2 Å². The maximum Gasteiger partial charge on any atom is 0.323 e. The highest BCUT2D eigenvalue weighted by molar-refractivity contribution is 9.10. The third-order valence-corrected chi connectivity index (χ3v) is 4.20. The van der Waals surface area contributed by atoms with Crippen molar-refractivity contribution < 1.29 is 19.0 Å². The van der Waals surface area contributed by atoms with Crippen molar-refractivity contribution in [2.75, 3.05) is 30.5 Å². The van der Waals surface area contributed by atoms with Gasteiger partial charge in [-0.2, -0.15) is 0 Å². The molecule has 0 spiro atoms. The first-order chi connectivity index (χ1) is 13.0. The smallest absolute Gasteiger partial charge is 0.323 e. The number of nitrogens with one attached hydrogen (secondary N) is 2. The Hall–Kier alpha value is -2.41. The normalized spacial score (nSPS) is 10.3. The molecule has 0 aromatic heterocycles. The Morgan fingerprint density at radius 3 is 2.04 bits per heavy atom. The van der Waals surface area contributed by atoms with E-state index in [2.05, 4.69) is 26.6 Å².